The van der Waals surface area contributed by atoms with Gasteiger partial charge in [-0.3, -0.25) is 5.01 Å². The molecule has 1 aromatic carbocycles. The molecular formula is C26H25Cl2N5O3S. The SMILES string of the molecule is O=C(O)c1ccc2nc(N3NCC4C(NCc5c(C6=C(Cl)CCC=C6Cl)noc5C5CC5)CC43)sc2c1. The van der Waals surface area contributed by atoms with Gasteiger partial charge in [-0.1, -0.05) is 45.8 Å². The molecule has 0 bridgehead atoms. The topological polar surface area (TPSA) is 104 Å². The van der Waals surface area contributed by atoms with Crippen molar-refractivity contribution in [1.29, 1.82) is 0 Å². The zero-order chi connectivity index (χ0) is 25.3. The Morgan fingerprint density at radius 1 is 1.32 bits per heavy atom. The van der Waals surface area contributed by atoms with Gasteiger partial charge in [-0.15, -0.1) is 0 Å². The van der Waals surface area contributed by atoms with Crippen LogP contribution in [0.4, 0.5) is 5.13 Å². The Labute approximate surface area is 227 Å². The Morgan fingerprint density at radius 3 is 2.97 bits per heavy atom. The number of fused-ring (bicyclic) bond motifs is 2. The highest BCUT2D eigenvalue weighted by Gasteiger charge is 2.49. The molecule has 8 nitrogen and oxygen atoms in total. The maximum Gasteiger partial charge on any atom is 0.335 e. The second kappa shape index (κ2) is 9.10. The number of aromatic nitrogens is 2. The summed E-state index contributed by atoms with van der Waals surface area (Å²) in [6.07, 6.45) is 6.85. The Bertz CT molecular complexity index is 1480. The normalized spacial score (nSPS) is 25.4. The van der Waals surface area contributed by atoms with Gasteiger partial charge >= 0.3 is 5.97 Å². The van der Waals surface area contributed by atoms with Gasteiger partial charge in [0.05, 0.1) is 21.8 Å². The first-order chi connectivity index (χ1) is 18.0. The molecule has 1 aliphatic heterocycles. The molecule has 3 N–H and O–H groups in total. The number of hydrogen-bond donors (Lipinski definition) is 3. The number of nitrogens with one attached hydrogen (secondary N) is 2. The predicted octanol–water partition coefficient (Wildman–Crippen LogP) is 5.60. The van der Waals surface area contributed by atoms with Crippen LogP contribution in [0.3, 0.4) is 0 Å². The highest BCUT2D eigenvalue weighted by Crippen LogP contribution is 2.46. The van der Waals surface area contributed by atoms with Gasteiger partial charge in [0.15, 0.2) is 0 Å². The molecule has 0 radical (unpaired) electrons. The van der Waals surface area contributed by atoms with E-state index in [1.807, 2.05) is 6.08 Å². The van der Waals surface area contributed by atoms with Crippen LogP contribution >= 0.6 is 34.5 Å². The van der Waals surface area contributed by atoms with Crippen molar-refractivity contribution < 1.29 is 14.4 Å². The van der Waals surface area contributed by atoms with Crippen molar-refractivity contribution in [2.75, 3.05) is 11.6 Å². The van der Waals surface area contributed by atoms with E-state index < -0.39 is 5.97 Å². The van der Waals surface area contributed by atoms with Gasteiger partial charge in [-0.2, -0.15) is 0 Å². The zero-order valence-corrected chi connectivity index (χ0v) is 22.2. The molecule has 2 aromatic heterocycles. The maximum absolute atomic E-state index is 11.3. The number of benzene rings is 1. The molecule has 3 fully saturated rings. The van der Waals surface area contributed by atoms with E-state index in [4.69, 9.17) is 32.7 Å². The van der Waals surface area contributed by atoms with Crippen molar-refractivity contribution in [3.8, 4) is 0 Å². The van der Waals surface area contributed by atoms with E-state index in [0.29, 0.717) is 35.5 Å². The Morgan fingerprint density at radius 2 is 2.19 bits per heavy atom. The van der Waals surface area contributed by atoms with E-state index >= 15 is 0 Å². The standard InChI is InChI=1S/C26H25Cl2N5O3S/c27-16-2-1-3-17(28)22(16)23-15(24(36-32-23)12-4-5-12)10-29-19-9-20-14(19)11-30-33(20)26-31-18-7-6-13(25(34)35)8-21(18)37-26/h2,6-8,12,14,19-20,29-30H,1,3-5,9-11H2,(H,34,35). The number of aromatic carboxylic acids is 1. The van der Waals surface area contributed by atoms with Crippen LogP contribution in [0.2, 0.25) is 0 Å². The summed E-state index contributed by atoms with van der Waals surface area (Å²) in [4.78, 5) is 16.1. The number of halogens is 2. The number of hydrogen-bond acceptors (Lipinski definition) is 8. The van der Waals surface area contributed by atoms with Crippen LogP contribution in [0, 0.1) is 5.92 Å². The van der Waals surface area contributed by atoms with Crippen LogP contribution < -0.4 is 15.8 Å². The lowest BCUT2D eigenvalue weighted by Crippen LogP contribution is -2.56. The van der Waals surface area contributed by atoms with Crippen molar-refractivity contribution in [2.45, 2.75) is 56.7 Å². The zero-order valence-electron chi connectivity index (χ0n) is 19.8. The summed E-state index contributed by atoms with van der Waals surface area (Å²) in [5.41, 5.74) is 7.28. The number of hydrazine groups is 1. The van der Waals surface area contributed by atoms with Crippen molar-refractivity contribution in [2.24, 2.45) is 5.92 Å². The quantitative estimate of drug-likeness (QED) is 0.345. The fourth-order valence-corrected chi connectivity index (χ4v) is 7.39. The number of carbonyl (C=O) groups is 1. The summed E-state index contributed by atoms with van der Waals surface area (Å²) in [5, 5.41) is 21.9. The highest BCUT2D eigenvalue weighted by atomic mass is 35.5. The van der Waals surface area contributed by atoms with Gasteiger partial charge in [-0.05, 0) is 50.3 Å². The second-order valence-electron chi connectivity index (χ2n) is 10.2. The maximum atomic E-state index is 11.3. The fourth-order valence-electron chi connectivity index (χ4n) is 5.68. The van der Waals surface area contributed by atoms with Crippen LogP contribution in [0.25, 0.3) is 15.8 Å². The van der Waals surface area contributed by atoms with E-state index in [1.165, 1.54) is 11.3 Å². The lowest BCUT2D eigenvalue weighted by Gasteiger charge is -2.42. The number of allylic oxidation sites excluding steroid dienone is 4. The molecule has 3 aromatic rings. The van der Waals surface area contributed by atoms with Gasteiger partial charge in [0, 0.05) is 52.2 Å². The van der Waals surface area contributed by atoms with E-state index in [-0.39, 0.29) is 5.56 Å². The molecule has 192 valence electrons. The first-order valence-electron chi connectivity index (χ1n) is 12.6. The van der Waals surface area contributed by atoms with Gasteiger partial charge in [0.2, 0.25) is 5.13 Å². The van der Waals surface area contributed by atoms with Crippen LogP contribution in [-0.4, -0.2) is 39.8 Å². The Hall–Kier alpha value is -2.43. The number of thiazole rings is 1. The van der Waals surface area contributed by atoms with Gasteiger partial charge in [0.25, 0.3) is 0 Å². The molecule has 37 heavy (non-hydrogen) atoms. The smallest absolute Gasteiger partial charge is 0.335 e. The van der Waals surface area contributed by atoms with Crippen molar-refractivity contribution in [1.82, 2.24) is 20.9 Å². The van der Waals surface area contributed by atoms with Crippen LogP contribution in [0.5, 0.6) is 0 Å². The minimum Gasteiger partial charge on any atom is -0.478 e. The molecule has 1 saturated heterocycles. The summed E-state index contributed by atoms with van der Waals surface area (Å²) in [5.74, 6) is 0.912. The van der Waals surface area contributed by atoms with Gasteiger partial charge in [-0.25, -0.2) is 15.2 Å². The third-order valence-corrected chi connectivity index (χ3v) is 9.65. The number of anilines is 1. The molecule has 3 atom stereocenters. The third-order valence-electron chi connectivity index (χ3n) is 7.91. The molecule has 3 unspecified atom stereocenters. The first kappa shape index (κ1) is 23.7. The van der Waals surface area contributed by atoms with E-state index in [0.717, 1.165) is 81.6 Å². The van der Waals surface area contributed by atoms with E-state index in [2.05, 4.69) is 20.9 Å². The third kappa shape index (κ3) is 4.08. The average Bonchev–Trinajstić information content (AvgIpc) is 3.34. The number of nitrogens with zero attached hydrogens (tertiary/aromatic N) is 3. The average molecular weight is 558 g/mol. The molecule has 4 aliphatic rings. The summed E-state index contributed by atoms with van der Waals surface area (Å²) in [6.45, 7) is 1.52. The minimum absolute atomic E-state index is 0.281. The fraction of sp³-hybridized carbons (Fsp3) is 0.423. The van der Waals surface area contributed by atoms with E-state index in [9.17, 15) is 9.90 Å². The Balaban J connectivity index is 1.07. The molecule has 0 amide bonds. The molecule has 3 heterocycles. The molecule has 3 aliphatic carbocycles. The Kier molecular flexibility index (Phi) is 5.82. The molecule has 0 spiro atoms. The van der Waals surface area contributed by atoms with Gasteiger partial charge < -0.3 is 14.9 Å². The van der Waals surface area contributed by atoms with Crippen molar-refractivity contribution in [3.63, 3.8) is 0 Å². The molecule has 11 heteroatoms. The van der Waals surface area contributed by atoms with Crippen LogP contribution in [-0.2, 0) is 6.54 Å². The molecule has 7 rings (SSSR count). The largest absolute Gasteiger partial charge is 0.478 e. The van der Waals surface area contributed by atoms with Gasteiger partial charge in [0.1, 0.15) is 11.5 Å². The summed E-state index contributed by atoms with van der Waals surface area (Å²) in [7, 11) is 0. The van der Waals surface area contributed by atoms with Crippen molar-refractivity contribution in [3.05, 3.63) is 56.9 Å². The number of rotatable bonds is 7. The summed E-state index contributed by atoms with van der Waals surface area (Å²) >= 11 is 14.7. The number of carboxylic acids is 1. The predicted molar refractivity (Wildman–Crippen MR) is 144 cm³/mol. The monoisotopic (exact) mass is 557 g/mol. The summed E-state index contributed by atoms with van der Waals surface area (Å²) in [6, 6.07) is 5.77. The van der Waals surface area contributed by atoms with E-state index in [1.54, 1.807) is 18.2 Å². The first-order valence-corrected chi connectivity index (χ1v) is 14.2. The van der Waals surface area contributed by atoms with Crippen LogP contribution in [0.1, 0.15) is 65.4 Å². The van der Waals surface area contributed by atoms with Crippen molar-refractivity contribution >= 4 is 61.4 Å². The molecular weight excluding hydrogens is 533 g/mol. The highest BCUT2D eigenvalue weighted by molar-refractivity contribution is 7.22. The van der Waals surface area contributed by atoms with Crippen LogP contribution in [0.15, 0.2) is 38.9 Å². The number of carboxylic acid groups (broad SMARTS) is 1. The lowest BCUT2D eigenvalue weighted by atomic mass is 9.75. The molecule has 2 saturated carbocycles. The lowest BCUT2D eigenvalue weighted by molar-refractivity contribution is 0.0697. The minimum atomic E-state index is -0.926. The second-order valence-corrected chi connectivity index (χ2v) is 12.1. The summed E-state index contributed by atoms with van der Waals surface area (Å²) < 4.78 is 6.71.